The van der Waals surface area contributed by atoms with E-state index in [1.807, 2.05) is 30.3 Å². The largest absolute Gasteiger partial charge is 0.0923 e. The van der Waals surface area contributed by atoms with Crippen LogP contribution in [0, 0.1) is 23.7 Å². The molecule has 0 bridgehead atoms. The summed E-state index contributed by atoms with van der Waals surface area (Å²) in [6.45, 7) is 0. The molecular weight excluding hydrogens is 204 g/mol. The quantitative estimate of drug-likeness (QED) is 0.579. The second kappa shape index (κ2) is 7.51. The Bertz CT molecular complexity index is 459. The number of hydrogen-bond acceptors (Lipinski definition) is 0. The Morgan fingerprint density at radius 1 is 0.867 bits per heavy atom. The molecule has 72 valence electrons. The van der Waals surface area contributed by atoms with Gasteiger partial charge in [-0.2, -0.15) is 0 Å². The molecule has 0 saturated heterocycles. The van der Waals surface area contributed by atoms with E-state index in [9.17, 15) is 0 Å². The second-order valence-electron chi connectivity index (χ2n) is 2.55. The van der Waals surface area contributed by atoms with Crippen LogP contribution < -0.4 is 0 Å². The molecule has 0 N–H and O–H groups in total. The maximum absolute atomic E-state index is 5.29. The molecule has 1 rings (SSSR count). The minimum absolute atomic E-state index is 0.996. The lowest BCUT2D eigenvalue weighted by molar-refractivity contribution is 1.65. The number of rotatable bonds is 0. The summed E-state index contributed by atoms with van der Waals surface area (Å²) < 4.78 is 0. The summed E-state index contributed by atoms with van der Waals surface area (Å²) in [5, 5.41) is 0. The van der Waals surface area contributed by atoms with Gasteiger partial charge in [0.15, 0.2) is 0 Å². The van der Waals surface area contributed by atoms with Crippen molar-refractivity contribution in [2.75, 3.05) is 0 Å². The van der Waals surface area contributed by atoms with Crippen molar-refractivity contribution in [2.24, 2.45) is 0 Å². The molecule has 0 nitrogen and oxygen atoms in total. The molecule has 0 fully saturated rings. The number of allylic oxidation sites excluding steroid dienone is 3. The highest BCUT2D eigenvalue weighted by Gasteiger charge is 1.78. The third-order valence-corrected chi connectivity index (χ3v) is 1.60. The van der Waals surface area contributed by atoms with E-state index < -0.39 is 0 Å². The van der Waals surface area contributed by atoms with Crippen LogP contribution in [0.1, 0.15) is 5.56 Å². The van der Waals surface area contributed by atoms with Gasteiger partial charge in [0.1, 0.15) is 0 Å². The van der Waals surface area contributed by atoms with Gasteiger partial charge in [-0.15, -0.1) is 0 Å². The summed E-state index contributed by atoms with van der Waals surface area (Å²) in [4.78, 5) is 0. The molecule has 0 atom stereocenters. The van der Waals surface area contributed by atoms with Crippen LogP contribution in [-0.2, 0) is 0 Å². The zero-order valence-electron chi connectivity index (χ0n) is 8.07. The first-order chi connectivity index (χ1) is 7.43. The summed E-state index contributed by atoms with van der Waals surface area (Å²) in [6.07, 6.45) is 4.96. The zero-order valence-corrected chi connectivity index (χ0v) is 8.83. The van der Waals surface area contributed by atoms with Crippen LogP contribution in [0.5, 0.6) is 0 Å². The molecule has 0 aromatic heterocycles. The van der Waals surface area contributed by atoms with Crippen LogP contribution in [0.2, 0.25) is 0 Å². The molecule has 0 amide bonds. The first-order valence-electron chi connectivity index (χ1n) is 4.41. The SMILES string of the molecule is Cl/C=C\C#C/C=C\C#Cc1ccccc1. The Morgan fingerprint density at radius 2 is 1.53 bits per heavy atom. The van der Waals surface area contributed by atoms with E-state index in [-0.39, 0.29) is 0 Å². The predicted molar refractivity (Wildman–Crippen MR) is 65.2 cm³/mol. The minimum atomic E-state index is 0.996. The molecular formula is C14H9Cl. The topological polar surface area (TPSA) is 0 Å². The third-order valence-electron chi connectivity index (χ3n) is 1.47. The molecule has 0 aliphatic carbocycles. The van der Waals surface area contributed by atoms with E-state index in [1.165, 1.54) is 5.54 Å². The molecule has 1 aromatic rings. The monoisotopic (exact) mass is 212 g/mol. The number of hydrogen-bond donors (Lipinski definition) is 0. The summed E-state index contributed by atoms with van der Waals surface area (Å²) in [7, 11) is 0. The smallest absolute Gasteiger partial charge is 0.0248 e. The average Bonchev–Trinajstić information content (AvgIpc) is 2.29. The van der Waals surface area contributed by atoms with Crippen molar-refractivity contribution in [3.8, 4) is 23.7 Å². The van der Waals surface area contributed by atoms with Crippen molar-refractivity contribution in [3.05, 3.63) is 59.7 Å². The molecule has 0 heterocycles. The van der Waals surface area contributed by atoms with E-state index >= 15 is 0 Å². The van der Waals surface area contributed by atoms with Crippen LogP contribution in [0.25, 0.3) is 0 Å². The molecule has 0 unspecified atom stereocenters. The lowest BCUT2D eigenvalue weighted by Gasteiger charge is -1.83. The van der Waals surface area contributed by atoms with Crippen LogP contribution in [0.3, 0.4) is 0 Å². The Morgan fingerprint density at radius 3 is 2.27 bits per heavy atom. The van der Waals surface area contributed by atoms with Crippen molar-refractivity contribution >= 4 is 11.6 Å². The molecule has 0 spiro atoms. The summed E-state index contributed by atoms with van der Waals surface area (Å²) in [5.74, 6) is 11.4. The molecule has 0 radical (unpaired) electrons. The van der Waals surface area contributed by atoms with Gasteiger partial charge in [0, 0.05) is 11.1 Å². The van der Waals surface area contributed by atoms with E-state index in [0.29, 0.717) is 0 Å². The van der Waals surface area contributed by atoms with Crippen LogP contribution in [0.15, 0.2) is 54.1 Å². The van der Waals surface area contributed by atoms with Gasteiger partial charge in [0.25, 0.3) is 0 Å². The van der Waals surface area contributed by atoms with Crippen LogP contribution >= 0.6 is 11.6 Å². The lowest BCUT2D eigenvalue weighted by Crippen LogP contribution is -1.68. The first kappa shape index (κ1) is 11.2. The summed E-state index contributed by atoms with van der Waals surface area (Å²) in [5.41, 5.74) is 2.37. The fourth-order valence-corrected chi connectivity index (χ4v) is 0.921. The molecule has 0 saturated carbocycles. The Labute approximate surface area is 95.3 Å². The maximum atomic E-state index is 5.29. The first-order valence-corrected chi connectivity index (χ1v) is 4.85. The van der Waals surface area contributed by atoms with Gasteiger partial charge in [-0.05, 0) is 30.4 Å². The normalized spacial score (nSPS) is 9.40. The van der Waals surface area contributed by atoms with Gasteiger partial charge >= 0.3 is 0 Å². The van der Waals surface area contributed by atoms with E-state index in [4.69, 9.17) is 11.6 Å². The highest BCUT2D eigenvalue weighted by atomic mass is 35.5. The molecule has 1 aromatic carbocycles. The number of benzene rings is 1. The maximum Gasteiger partial charge on any atom is 0.0248 e. The minimum Gasteiger partial charge on any atom is -0.0923 e. The fraction of sp³-hybridized carbons (Fsp3) is 0. The van der Waals surface area contributed by atoms with Gasteiger partial charge in [-0.3, -0.25) is 0 Å². The zero-order chi connectivity index (χ0) is 10.8. The van der Waals surface area contributed by atoms with Gasteiger partial charge in [0.05, 0.1) is 0 Å². The molecule has 0 aliphatic heterocycles. The molecule has 1 heteroatoms. The van der Waals surface area contributed by atoms with E-state index in [1.54, 1.807) is 18.2 Å². The van der Waals surface area contributed by atoms with Gasteiger partial charge in [0.2, 0.25) is 0 Å². The summed E-state index contributed by atoms with van der Waals surface area (Å²) in [6, 6.07) is 9.80. The molecule has 15 heavy (non-hydrogen) atoms. The number of halogens is 1. The van der Waals surface area contributed by atoms with Crippen molar-refractivity contribution in [3.63, 3.8) is 0 Å². The van der Waals surface area contributed by atoms with Crippen LogP contribution in [-0.4, -0.2) is 0 Å². The highest BCUT2D eigenvalue weighted by Crippen LogP contribution is 1.94. The van der Waals surface area contributed by atoms with E-state index in [2.05, 4.69) is 23.7 Å². The average molecular weight is 213 g/mol. The predicted octanol–water partition coefficient (Wildman–Crippen LogP) is 3.35. The Hall–Kier alpha value is -1.89. The molecule has 0 aliphatic rings. The van der Waals surface area contributed by atoms with Gasteiger partial charge < -0.3 is 0 Å². The Kier molecular flexibility index (Phi) is 5.60. The van der Waals surface area contributed by atoms with Gasteiger partial charge in [-0.25, -0.2) is 0 Å². The van der Waals surface area contributed by atoms with Crippen molar-refractivity contribution in [2.45, 2.75) is 0 Å². The highest BCUT2D eigenvalue weighted by molar-refractivity contribution is 6.25. The van der Waals surface area contributed by atoms with Crippen molar-refractivity contribution in [1.82, 2.24) is 0 Å². The van der Waals surface area contributed by atoms with E-state index in [0.717, 1.165) is 5.56 Å². The van der Waals surface area contributed by atoms with Crippen molar-refractivity contribution in [1.29, 1.82) is 0 Å². The van der Waals surface area contributed by atoms with Crippen molar-refractivity contribution < 1.29 is 0 Å². The standard InChI is InChI=1S/C14H9Cl/c15-13-9-4-2-1-3-6-10-14-11-7-5-8-12-14/h1,3,5,7-9,11-13H/b3-1-,13-9-. The van der Waals surface area contributed by atoms with Gasteiger partial charge in [-0.1, -0.05) is 53.5 Å². The summed E-state index contributed by atoms with van der Waals surface area (Å²) >= 11 is 5.29. The second-order valence-corrected chi connectivity index (χ2v) is 2.80. The third kappa shape index (κ3) is 5.42. The lowest BCUT2D eigenvalue weighted by atomic mass is 10.2. The van der Waals surface area contributed by atoms with Crippen LogP contribution in [0.4, 0.5) is 0 Å². The fourth-order valence-electron chi connectivity index (χ4n) is 0.858. The Balaban J connectivity index is 2.52.